The molecule has 26 heavy (non-hydrogen) atoms. The SMILES string of the molecule is c1cc(-c2nn(C3CCOCC3)cc2-c2ccc3c(c2)CCC3)ccn1. The second kappa shape index (κ2) is 6.69. The molecule has 3 aromatic rings. The van der Waals surface area contributed by atoms with Crippen LogP contribution in [0, 0.1) is 0 Å². The van der Waals surface area contributed by atoms with Crippen LogP contribution in [0.1, 0.15) is 36.4 Å². The highest BCUT2D eigenvalue weighted by Crippen LogP contribution is 2.35. The van der Waals surface area contributed by atoms with E-state index in [4.69, 9.17) is 9.84 Å². The molecule has 4 nitrogen and oxygen atoms in total. The fourth-order valence-electron chi connectivity index (χ4n) is 4.20. The molecule has 1 fully saturated rings. The van der Waals surface area contributed by atoms with Gasteiger partial charge < -0.3 is 4.74 Å². The summed E-state index contributed by atoms with van der Waals surface area (Å²) in [6.07, 6.45) is 11.7. The summed E-state index contributed by atoms with van der Waals surface area (Å²) in [6.45, 7) is 1.65. The zero-order valence-corrected chi connectivity index (χ0v) is 14.9. The average Bonchev–Trinajstić information content (AvgIpc) is 3.36. The minimum absolute atomic E-state index is 0.424. The number of benzene rings is 1. The van der Waals surface area contributed by atoms with Crippen molar-refractivity contribution in [2.24, 2.45) is 0 Å². The predicted molar refractivity (Wildman–Crippen MR) is 102 cm³/mol. The fourth-order valence-corrected chi connectivity index (χ4v) is 4.20. The van der Waals surface area contributed by atoms with Gasteiger partial charge in [-0.2, -0.15) is 5.10 Å². The third-order valence-electron chi connectivity index (χ3n) is 5.66. The van der Waals surface area contributed by atoms with Crippen LogP contribution in [0.4, 0.5) is 0 Å². The predicted octanol–water partition coefficient (Wildman–Crippen LogP) is 4.45. The maximum Gasteiger partial charge on any atom is 0.100 e. The van der Waals surface area contributed by atoms with E-state index in [1.54, 1.807) is 0 Å². The number of aryl methyl sites for hydroxylation is 2. The zero-order valence-electron chi connectivity index (χ0n) is 14.9. The third kappa shape index (κ3) is 2.84. The molecule has 4 heteroatoms. The summed E-state index contributed by atoms with van der Waals surface area (Å²) < 4.78 is 7.70. The lowest BCUT2D eigenvalue weighted by Crippen LogP contribution is -2.19. The number of hydrogen-bond acceptors (Lipinski definition) is 3. The summed E-state index contributed by atoms with van der Waals surface area (Å²) >= 11 is 0. The van der Waals surface area contributed by atoms with Gasteiger partial charge in [-0.25, -0.2) is 0 Å². The quantitative estimate of drug-likeness (QED) is 0.704. The second-order valence-electron chi connectivity index (χ2n) is 7.29. The smallest absolute Gasteiger partial charge is 0.100 e. The molecular formula is C22H23N3O. The van der Waals surface area contributed by atoms with E-state index >= 15 is 0 Å². The Hall–Kier alpha value is -2.46. The Morgan fingerprint density at radius 1 is 0.923 bits per heavy atom. The van der Waals surface area contributed by atoms with Crippen LogP contribution >= 0.6 is 0 Å². The van der Waals surface area contributed by atoms with Gasteiger partial charge in [-0.3, -0.25) is 9.67 Å². The van der Waals surface area contributed by atoms with E-state index in [-0.39, 0.29) is 0 Å². The molecule has 1 aromatic carbocycles. The molecule has 3 heterocycles. The fraction of sp³-hybridized carbons (Fsp3) is 0.364. The Balaban J connectivity index is 1.61. The summed E-state index contributed by atoms with van der Waals surface area (Å²) in [5, 5.41) is 5.01. The van der Waals surface area contributed by atoms with Gasteiger partial charge in [-0.1, -0.05) is 18.2 Å². The van der Waals surface area contributed by atoms with Crippen LogP contribution in [0.25, 0.3) is 22.4 Å². The summed E-state index contributed by atoms with van der Waals surface area (Å²) in [5.41, 5.74) is 7.68. The zero-order chi connectivity index (χ0) is 17.3. The molecule has 1 aliphatic carbocycles. The lowest BCUT2D eigenvalue weighted by atomic mass is 9.99. The van der Waals surface area contributed by atoms with Crippen molar-refractivity contribution in [3.8, 4) is 22.4 Å². The topological polar surface area (TPSA) is 39.9 Å². The number of pyridine rings is 1. The van der Waals surface area contributed by atoms with Crippen LogP contribution in [0.5, 0.6) is 0 Å². The van der Waals surface area contributed by atoms with Crippen molar-refractivity contribution >= 4 is 0 Å². The van der Waals surface area contributed by atoms with Crippen molar-refractivity contribution in [1.82, 2.24) is 14.8 Å². The first-order valence-corrected chi connectivity index (χ1v) is 9.58. The Labute approximate surface area is 153 Å². The molecule has 2 aromatic heterocycles. The van der Waals surface area contributed by atoms with Crippen LogP contribution in [-0.4, -0.2) is 28.0 Å². The van der Waals surface area contributed by atoms with Crippen molar-refractivity contribution in [2.75, 3.05) is 13.2 Å². The van der Waals surface area contributed by atoms with E-state index in [1.165, 1.54) is 41.5 Å². The molecule has 0 saturated carbocycles. The van der Waals surface area contributed by atoms with Crippen LogP contribution in [-0.2, 0) is 17.6 Å². The van der Waals surface area contributed by atoms with Crippen molar-refractivity contribution in [3.63, 3.8) is 0 Å². The molecule has 0 amide bonds. The molecule has 0 bridgehead atoms. The summed E-state index contributed by atoms with van der Waals surface area (Å²) in [7, 11) is 0. The van der Waals surface area contributed by atoms with Crippen LogP contribution in [0.2, 0.25) is 0 Å². The molecule has 1 aliphatic heterocycles. The molecule has 5 rings (SSSR count). The number of ether oxygens (including phenoxy) is 1. The Bertz CT molecular complexity index is 910. The highest BCUT2D eigenvalue weighted by molar-refractivity contribution is 5.80. The van der Waals surface area contributed by atoms with Gasteiger partial charge in [0.25, 0.3) is 0 Å². The van der Waals surface area contributed by atoms with E-state index in [0.717, 1.165) is 37.3 Å². The first-order valence-electron chi connectivity index (χ1n) is 9.58. The summed E-state index contributed by atoms with van der Waals surface area (Å²) in [6, 6.07) is 11.5. The monoisotopic (exact) mass is 345 g/mol. The van der Waals surface area contributed by atoms with Gasteiger partial charge in [0.2, 0.25) is 0 Å². The lowest BCUT2D eigenvalue weighted by Gasteiger charge is -2.22. The lowest BCUT2D eigenvalue weighted by molar-refractivity contribution is 0.0663. The van der Waals surface area contributed by atoms with Crippen molar-refractivity contribution < 1.29 is 4.74 Å². The Kier molecular flexibility index (Phi) is 4.06. The molecule has 0 atom stereocenters. The van der Waals surface area contributed by atoms with E-state index in [2.05, 4.69) is 34.1 Å². The van der Waals surface area contributed by atoms with Crippen LogP contribution in [0.3, 0.4) is 0 Å². The largest absolute Gasteiger partial charge is 0.381 e. The van der Waals surface area contributed by atoms with E-state index < -0.39 is 0 Å². The first-order chi connectivity index (χ1) is 12.9. The normalized spacial score (nSPS) is 17.4. The number of hydrogen-bond donors (Lipinski definition) is 0. The van der Waals surface area contributed by atoms with Crippen molar-refractivity contribution in [2.45, 2.75) is 38.1 Å². The summed E-state index contributed by atoms with van der Waals surface area (Å²) in [4.78, 5) is 4.17. The Morgan fingerprint density at radius 3 is 2.58 bits per heavy atom. The molecule has 0 spiro atoms. The van der Waals surface area contributed by atoms with E-state index in [1.807, 2.05) is 24.5 Å². The number of nitrogens with zero attached hydrogens (tertiary/aromatic N) is 3. The maximum atomic E-state index is 5.53. The number of fused-ring (bicyclic) bond motifs is 1. The molecule has 0 N–H and O–H groups in total. The van der Waals surface area contributed by atoms with Gasteiger partial charge >= 0.3 is 0 Å². The maximum absolute atomic E-state index is 5.53. The summed E-state index contributed by atoms with van der Waals surface area (Å²) in [5.74, 6) is 0. The van der Waals surface area contributed by atoms with Gasteiger partial charge in [-0.15, -0.1) is 0 Å². The molecule has 132 valence electrons. The molecule has 0 radical (unpaired) electrons. The average molecular weight is 345 g/mol. The Morgan fingerprint density at radius 2 is 1.73 bits per heavy atom. The molecular weight excluding hydrogens is 322 g/mol. The van der Waals surface area contributed by atoms with Gasteiger partial charge in [0.15, 0.2) is 0 Å². The molecule has 2 aliphatic rings. The first kappa shape index (κ1) is 15.8. The van der Waals surface area contributed by atoms with Gasteiger partial charge in [0, 0.05) is 42.9 Å². The number of aromatic nitrogens is 3. The van der Waals surface area contributed by atoms with Gasteiger partial charge in [0.1, 0.15) is 5.69 Å². The van der Waals surface area contributed by atoms with Crippen molar-refractivity contribution in [3.05, 3.63) is 60.0 Å². The highest BCUT2D eigenvalue weighted by Gasteiger charge is 2.21. The van der Waals surface area contributed by atoms with Crippen LogP contribution < -0.4 is 0 Å². The minimum Gasteiger partial charge on any atom is -0.381 e. The van der Waals surface area contributed by atoms with Crippen molar-refractivity contribution in [1.29, 1.82) is 0 Å². The second-order valence-corrected chi connectivity index (χ2v) is 7.29. The number of rotatable bonds is 3. The van der Waals surface area contributed by atoms with Gasteiger partial charge in [0.05, 0.1) is 6.04 Å². The van der Waals surface area contributed by atoms with Crippen LogP contribution in [0.15, 0.2) is 48.9 Å². The van der Waals surface area contributed by atoms with Gasteiger partial charge in [-0.05, 0) is 60.9 Å². The standard InChI is InChI=1S/C22H23N3O/c1-2-16-4-5-19(14-18(16)3-1)21-15-25(20-8-12-26-13-9-20)24-22(21)17-6-10-23-11-7-17/h4-7,10-11,14-15,20H,1-3,8-9,12-13H2. The molecule has 1 saturated heterocycles. The highest BCUT2D eigenvalue weighted by atomic mass is 16.5. The van der Waals surface area contributed by atoms with E-state index in [0.29, 0.717) is 6.04 Å². The minimum atomic E-state index is 0.424. The molecule has 0 unspecified atom stereocenters. The van der Waals surface area contributed by atoms with E-state index in [9.17, 15) is 0 Å². The third-order valence-corrected chi connectivity index (χ3v) is 5.66.